The molecule has 0 saturated heterocycles. The van der Waals surface area contributed by atoms with Crippen LogP contribution in [-0.2, 0) is 9.53 Å². The predicted octanol–water partition coefficient (Wildman–Crippen LogP) is 1.02. The number of hydrogen-bond donors (Lipinski definition) is 1. The summed E-state index contributed by atoms with van der Waals surface area (Å²) >= 11 is 0. The van der Waals surface area contributed by atoms with Crippen LogP contribution in [0.1, 0.15) is 18.0 Å². The zero-order valence-electron chi connectivity index (χ0n) is 9.80. The highest BCUT2D eigenvalue weighted by molar-refractivity contribution is 5.75. The quantitative estimate of drug-likeness (QED) is 0.777. The Morgan fingerprint density at radius 2 is 2.24 bits per heavy atom. The number of nitrogens with two attached hydrogens (primary N) is 1. The number of ether oxygens (including phenoxy) is 3. The third-order valence-corrected chi connectivity index (χ3v) is 2.82. The number of carbonyl (C=O) groups excluding carboxylic acids is 1. The van der Waals surface area contributed by atoms with Crippen LogP contribution in [0.4, 0.5) is 0 Å². The molecule has 17 heavy (non-hydrogen) atoms. The molecule has 1 aromatic carbocycles. The van der Waals surface area contributed by atoms with E-state index in [1.54, 1.807) is 13.2 Å². The van der Waals surface area contributed by atoms with E-state index in [4.69, 9.17) is 15.2 Å². The highest BCUT2D eigenvalue weighted by Crippen LogP contribution is 2.36. The smallest absolute Gasteiger partial charge is 0.347 e. The molecule has 1 aromatic rings. The summed E-state index contributed by atoms with van der Waals surface area (Å²) in [6.45, 7) is 0. The summed E-state index contributed by atoms with van der Waals surface area (Å²) in [5.41, 5.74) is 6.87. The largest absolute Gasteiger partial charge is 0.497 e. The van der Waals surface area contributed by atoms with Gasteiger partial charge in [-0.3, -0.25) is 0 Å². The maximum absolute atomic E-state index is 11.4. The van der Waals surface area contributed by atoms with Crippen molar-refractivity contribution in [1.82, 2.24) is 0 Å². The molecule has 92 valence electrons. The summed E-state index contributed by atoms with van der Waals surface area (Å²) in [5, 5.41) is 0. The van der Waals surface area contributed by atoms with Gasteiger partial charge in [-0.15, -0.1) is 0 Å². The van der Waals surface area contributed by atoms with Crippen molar-refractivity contribution >= 4 is 5.97 Å². The Hall–Kier alpha value is -1.75. The van der Waals surface area contributed by atoms with Crippen LogP contribution in [0.3, 0.4) is 0 Å². The zero-order chi connectivity index (χ0) is 12.4. The second kappa shape index (κ2) is 4.63. The Bertz CT molecular complexity index is 433. The first kappa shape index (κ1) is 11.7. The maximum atomic E-state index is 11.4. The summed E-state index contributed by atoms with van der Waals surface area (Å²) in [5.74, 6) is 0.842. The van der Waals surface area contributed by atoms with Crippen LogP contribution >= 0.6 is 0 Å². The number of fused-ring (bicyclic) bond motifs is 1. The fraction of sp³-hybridized carbons (Fsp3) is 0.417. The molecule has 0 spiro atoms. The van der Waals surface area contributed by atoms with Gasteiger partial charge in [0.05, 0.1) is 14.2 Å². The van der Waals surface area contributed by atoms with Gasteiger partial charge in [0.1, 0.15) is 11.5 Å². The maximum Gasteiger partial charge on any atom is 0.347 e. The van der Waals surface area contributed by atoms with Crippen LogP contribution in [0.5, 0.6) is 11.5 Å². The lowest BCUT2D eigenvalue weighted by Crippen LogP contribution is -2.36. The molecule has 0 fully saturated rings. The molecule has 0 aliphatic carbocycles. The van der Waals surface area contributed by atoms with E-state index in [-0.39, 0.29) is 6.04 Å². The summed E-state index contributed by atoms with van der Waals surface area (Å²) in [6.07, 6.45) is -0.221. The van der Waals surface area contributed by atoms with E-state index in [0.29, 0.717) is 17.9 Å². The van der Waals surface area contributed by atoms with Gasteiger partial charge >= 0.3 is 5.97 Å². The zero-order valence-corrected chi connectivity index (χ0v) is 9.80. The van der Waals surface area contributed by atoms with Gasteiger partial charge in [0.15, 0.2) is 6.10 Å². The first-order valence-electron chi connectivity index (χ1n) is 5.33. The van der Waals surface area contributed by atoms with Crippen LogP contribution in [-0.4, -0.2) is 26.3 Å². The lowest BCUT2D eigenvalue weighted by molar-refractivity contribution is -0.149. The molecular weight excluding hydrogens is 222 g/mol. The molecule has 0 aromatic heterocycles. The van der Waals surface area contributed by atoms with E-state index in [0.717, 1.165) is 5.56 Å². The molecule has 0 amide bonds. The predicted molar refractivity (Wildman–Crippen MR) is 61.0 cm³/mol. The van der Waals surface area contributed by atoms with Crippen molar-refractivity contribution in [3.63, 3.8) is 0 Å². The minimum atomic E-state index is -0.644. The molecule has 5 nitrogen and oxygen atoms in total. The van der Waals surface area contributed by atoms with E-state index in [2.05, 4.69) is 4.74 Å². The molecule has 1 heterocycles. The van der Waals surface area contributed by atoms with Gasteiger partial charge in [-0.05, 0) is 6.07 Å². The molecule has 0 bridgehead atoms. The highest BCUT2D eigenvalue weighted by atomic mass is 16.6. The van der Waals surface area contributed by atoms with Gasteiger partial charge in [0, 0.05) is 24.1 Å². The number of carbonyl (C=O) groups is 1. The van der Waals surface area contributed by atoms with Crippen molar-refractivity contribution in [1.29, 1.82) is 0 Å². The molecular formula is C12H15NO4. The SMILES string of the molecule is COC(=O)[C@H]1C[C@H](N)c2ccc(OC)cc2O1. The van der Waals surface area contributed by atoms with Gasteiger partial charge < -0.3 is 19.9 Å². The summed E-state index contributed by atoms with van der Waals surface area (Å²) < 4.78 is 15.3. The second-order valence-corrected chi connectivity index (χ2v) is 3.88. The number of methoxy groups -OCH3 is 2. The lowest BCUT2D eigenvalue weighted by atomic mass is 9.97. The topological polar surface area (TPSA) is 70.8 Å². The van der Waals surface area contributed by atoms with Crippen molar-refractivity contribution in [2.45, 2.75) is 18.6 Å². The minimum absolute atomic E-state index is 0.228. The van der Waals surface area contributed by atoms with Crippen molar-refractivity contribution in [3.8, 4) is 11.5 Å². The number of hydrogen-bond acceptors (Lipinski definition) is 5. The molecule has 1 aliphatic heterocycles. The Morgan fingerprint density at radius 3 is 2.88 bits per heavy atom. The number of benzene rings is 1. The van der Waals surface area contributed by atoms with Crippen molar-refractivity contribution in [3.05, 3.63) is 23.8 Å². The van der Waals surface area contributed by atoms with Gasteiger partial charge in [-0.1, -0.05) is 6.07 Å². The van der Waals surface area contributed by atoms with Gasteiger partial charge in [-0.25, -0.2) is 4.79 Å². The van der Waals surface area contributed by atoms with Crippen molar-refractivity contribution < 1.29 is 19.0 Å². The second-order valence-electron chi connectivity index (χ2n) is 3.88. The Balaban J connectivity index is 2.30. The first-order valence-corrected chi connectivity index (χ1v) is 5.33. The Morgan fingerprint density at radius 1 is 1.47 bits per heavy atom. The van der Waals surface area contributed by atoms with E-state index >= 15 is 0 Å². The monoisotopic (exact) mass is 237 g/mol. The molecule has 0 saturated carbocycles. The Kier molecular flexibility index (Phi) is 3.19. The summed E-state index contributed by atoms with van der Waals surface area (Å²) in [6, 6.07) is 5.17. The van der Waals surface area contributed by atoms with Gasteiger partial charge in [-0.2, -0.15) is 0 Å². The van der Waals surface area contributed by atoms with Crippen LogP contribution in [0, 0.1) is 0 Å². The third kappa shape index (κ3) is 2.19. The molecule has 2 rings (SSSR count). The minimum Gasteiger partial charge on any atom is -0.497 e. The average Bonchev–Trinajstić information content (AvgIpc) is 2.36. The molecule has 2 N–H and O–H groups in total. The number of esters is 1. The molecule has 2 atom stereocenters. The molecule has 1 aliphatic rings. The van der Waals surface area contributed by atoms with Crippen LogP contribution in [0.2, 0.25) is 0 Å². The lowest BCUT2D eigenvalue weighted by Gasteiger charge is -2.28. The summed E-state index contributed by atoms with van der Waals surface area (Å²) in [7, 11) is 2.90. The van der Waals surface area contributed by atoms with E-state index in [9.17, 15) is 4.79 Å². The van der Waals surface area contributed by atoms with Crippen LogP contribution in [0.25, 0.3) is 0 Å². The van der Waals surface area contributed by atoms with E-state index in [1.807, 2.05) is 12.1 Å². The van der Waals surface area contributed by atoms with Gasteiger partial charge in [0.25, 0.3) is 0 Å². The fourth-order valence-corrected chi connectivity index (χ4v) is 1.88. The Labute approximate surface area is 99.5 Å². The molecule has 5 heteroatoms. The van der Waals surface area contributed by atoms with Crippen molar-refractivity contribution in [2.75, 3.05) is 14.2 Å². The standard InChI is InChI=1S/C12H15NO4/c1-15-7-3-4-8-9(13)6-11(12(14)16-2)17-10(8)5-7/h3-5,9,11H,6,13H2,1-2H3/t9-,11+/m0/s1. The van der Waals surface area contributed by atoms with Crippen molar-refractivity contribution in [2.24, 2.45) is 5.73 Å². The third-order valence-electron chi connectivity index (χ3n) is 2.82. The average molecular weight is 237 g/mol. The fourth-order valence-electron chi connectivity index (χ4n) is 1.88. The summed E-state index contributed by atoms with van der Waals surface area (Å²) in [4.78, 5) is 11.4. The van der Waals surface area contributed by atoms with Crippen LogP contribution < -0.4 is 15.2 Å². The van der Waals surface area contributed by atoms with Crippen LogP contribution in [0.15, 0.2) is 18.2 Å². The highest BCUT2D eigenvalue weighted by Gasteiger charge is 2.31. The molecule has 0 radical (unpaired) electrons. The van der Waals surface area contributed by atoms with E-state index < -0.39 is 12.1 Å². The van der Waals surface area contributed by atoms with Gasteiger partial charge in [0.2, 0.25) is 0 Å². The normalized spacial score (nSPS) is 22.3. The number of rotatable bonds is 2. The molecule has 0 unspecified atom stereocenters. The van der Waals surface area contributed by atoms with E-state index in [1.165, 1.54) is 7.11 Å². The first-order chi connectivity index (χ1) is 8.15.